The minimum Gasteiger partial charge on any atom is -0.480 e. The van der Waals surface area contributed by atoms with Crippen LogP contribution in [0.5, 0.6) is 0 Å². The van der Waals surface area contributed by atoms with E-state index in [-0.39, 0.29) is 18.4 Å². The molecule has 4 unspecified atom stereocenters. The Morgan fingerprint density at radius 2 is 2.17 bits per heavy atom. The number of sulfonamides is 1. The largest absolute Gasteiger partial charge is 0.480 e. The van der Waals surface area contributed by atoms with Crippen molar-refractivity contribution in [1.29, 1.82) is 5.26 Å². The molecule has 100 valence electrons. The predicted octanol–water partition coefficient (Wildman–Crippen LogP) is 0.413. The van der Waals surface area contributed by atoms with Gasteiger partial charge in [0.15, 0.2) is 5.25 Å². The van der Waals surface area contributed by atoms with Crippen molar-refractivity contribution >= 4 is 16.0 Å². The minimum absolute atomic E-state index is 0.0943. The summed E-state index contributed by atoms with van der Waals surface area (Å²) >= 11 is 0. The molecule has 0 radical (unpaired) electrons. The number of fused-ring (bicyclic) bond motifs is 1. The van der Waals surface area contributed by atoms with Crippen LogP contribution in [-0.4, -0.2) is 41.6 Å². The average Bonchev–Trinajstić information content (AvgIpc) is 2.86. The first-order valence-electron chi connectivity index (χ1n) is 6.02. The molecule has 0 aromatic rings. The van der Waals surface area contributed by atoms with Gasteiger partial charge in [0.05, 0.1) is 6.07 Å². The topological polar surface area (TPSA) is 98.5 Å². The molecule has 2 rings (SSSR count). The zero-order chi connectivity index (χ0) is 13.5. The summed E-state index contributed by atoms with van der Waals surface area (Å²) < 4.78 is 25.3. The molecule has 0 aromatic heterocycles. The van der Waals surface area contributed by atoms with Crippen LogP contribution < -0.4 is 0 Å². The third-order valence-corrected chi connectivity index (χ3v) is 6.09. The van der Waals surface area contributed by atoms with Crippen molar-refractivity contribution in [3.8, 4) is 6.07 Å². The number of carboxylic acids is 1. The normalized spacial score (nSPS) is 33.9. The van der Waals surface area contributed by atoms with Crippen LogP contribution in [0.2, 0.25) is 0 Å². The van der Waals surface area contributed by atoms with E-state index in [0.29, 0.717) is 0 Å². The van der Waals surface area contributed by atoms with Crippen LogP contribution in [0, 0.1) is 23.2 Å². The minimum atomic E-state index is -3.83. The highest BCUT2D eigenvalue weighted by Crippen LogP contribution is 2.43. The molecule has 0 amide bonds. The van der Waals surface area contributed by atoms with Gasteiger partial charge in [0, 0.05) is 6.54 Å². The van der Waals surface area contributed by atoms with Gasteiger partial charge in [-0.05, 0) is 31.6 Å². The Kier molecular flexibility index (Phi) is 3.34. The van der Waals surface area contributed by atoms with E-state index in [0.717, 1.165) is 23.6 Å². The van der Waals surface area contributed by atoms with E-state index in [1.165, 1.54) is 6.92 Å². The summed E-state index contributed by atoms with van der Waals surface area (Å²) in [6.45, 7) is 1.54. The lowest BCUT2D eigenvalue weighted by Gasteiger charge is -2.24. The smallest absolute Gasteiger partial charge is 0.322 e. The molecule has 0 spiro atoms. The van der Waals surface area contributed by atoms with Crippen LogP contribution in [0.4, 0.5) is 0 Å². The summed E-state index contributed by atoms with van der Waals surface area (Å²) in [5.41, 5.74) is 0. The predicted molar refractivity (Wildman–Crippen MR) is 63.0 cm³/mol. The van der Waals surface area contributed by atoms with Gasteiger partial charge in [-0.1, -0.05) is 6.42 Å². The van der Waals surface area contributed by atoms with Crippen molar-refractivity contribution in [2.45, 2.75) is 37.5 Å². The van der Waals surface area contributed by atoms with Crippen molar-refractivity contribution in [2.24, 2.45) is 11.8 Å². The molecular weight excluding hydrogens is 256 g/mol. The summed E-state index contributed by atoms with van der Waals surface area (Å²) in [5.74, 6) is -1.06. The van der Waals surface area contributed by atoms with Gasteiger partial charge in [0.1, 0.15) is 6.04 Å². The van der Waals surface area contributed by atoms with E-state index >= 15 is 0 Å². The highest BCUT2D eigenvalue weighted by atomic mass is 32.2. The Hall–Kier alpha value is -1.13. The molecule has 6 nitrogen and oxygen atoms in total. The molecule has 2 aliphatic rings. The molecule has 1 heterocycles. The molecule has 1 saturated carbocycles. The van der Waals surface area contributed by atoms with Gasteiger partial charge in [0.2, 0.25) is 10.0 Å². The molecule has 1 N–H and O–H groups in total. The van der Waals surface area contributed by atoms with Gasteiger partial charge in [-0.3, -0.25) is 4.79 Å². The van der Waals surface area contributed by atoms with E-state index in [1.54, 1.807) is 6.07 Å². The average molecular weight is 272 g/mol. The molecular formula is C11H16N2O4S. The molecule has 4 atom stereocenters. The SMILES string of the molecule is CC(C#N)S(=O)(=O)N1CC2CCCC2C1C(=O)O. The van der Waals surface area contributed by atoms with Crippen molar-refractivity contribution in [3.05, 3.63) is 0 Å². The van der Waals surface area contributed by atoms with Gasteiger partial charge in [-0.25, -0.2) is 8.42 Å². The number of carboxylic acid groups (broad SMARTS) is 1. The first kappa shape index (κ1) is 13.3. The van der Waals surface area contributed by atoms with Gasteiger partial charge in [0.25, 0.3) is 0 Å². The van der Waals surface area contributed by atoms with Crippen molar-refractivity contribution in [3.63, 3.8) is 0 Å². The first-order chi connectivity index (χ1) is 8.39. The quantitative estimate of drug-likeness (QED) is 0.802. The van der Waals surface area contributed by atoms with Crippen LogP contribution in [0.1, 0.15) is 26.2 Å². The fourth-order valence-electron chi connectivity index (χ4n) is 3.10. The molecule has 0 aromatic carbocycles. The maximum atomic E-state index is 12.1. The summed E-state index contributed by atoms with van der Waals surface area (Å²) in [5, 5.41) is 16.8. The van der Waals surface area contributed by atoms with Gasteiger partial charge >= 0.3 is 5.97 Å². The Morgan fingerprint density at radius 1 is 1.50 bits per heavy atom. The second-order valence-corrected chi connectivity index (χ2v) is 7.23. The van der Waals surface area contributed by atoms with Crippen molar-refractivity contribution < 1.29 is 18.3 Å². The van der Waals surface area contributed by atoms with Crippen LogP contribution in [0.3, 0.4) is 0 Å². The molecule has 1 aliphatic carbocycles. The lowest BCUT2D eigenvalue weighted by Crippen LogP contribution is -2.46. The second-order valence-electron chi connectivity index (χ2n) is 5.02. The standard InChI is InChI=1S/C11H16N2O4S/c1-7(5-12)18(16,17)13-6-8-3-2-4-9(8)10(13)11(14)15/h7-10H,2-4,6H2,1H3,(H,14,15). The molecule has 1 saturated heterocycles. The first-order valence-corrected chi connectivity index (χ1v) is 7.53. The van der Waals surface area contributed by atoms with Crippen LogP contribution >= 0.6 is 0 Å². The van der Waals surface area contributed by atoms with Crippen molar-refractivity contribution in [1.82, 2.24) is 4.31 Å². The molecule has 0 bridgehead atoms. The van der Waals surface area contributed by atoms with E-state index in [4.69, 9.17) is 5.26 Å². The van der Waals surface area contributed by atoms with Gasteiger partial charge < -0.3 is 5.11 Å². The highest BCUT2D eigenvalue weighted by molar-refractivity contribution is 7.90. The number of hydrogen-bond acceptors (Lipinski definition) is 4. The van der Waals surface area contributed by atoms with E-state index in [1.807, 2.05) is 0 Å². The third kappa shape index (κ3) is 1.89. The third-order valence-electron chi connectivity index (χ3n) is 4.06. The van der Waals surface area contributed by atoms with Crippen molar-refractivity contribution in [2.75, 3.05) is 6.54 Å². The number of rotatable bonds is 3. The maximum Gasteiger partial charge on any atom is 0.322 e. The highest BCUT2D eigenvalue weighted by Gasteiger charge is 2.52. The zero-order valence-electron chi connectivity index (χ0n) is 10.1. The van der Waals surface area contributed by atoms with Gasteiger partial charge in [-0.2, -0.15) is 9.57 Å². The lowest BCUT2D eigenvalue weighted by atomic mass is 9.94. The number of nitrogens with zero attached hydrogens (tertiary/aromatic N) is 2. The summed E-state index contributed by atoms with van der Waals surface area (Å²) in [6.07, 6.45) is 2.59. The number of hydrogen-bond donors (Lipinski definition) is 1. The fraction of sp³-hybridized carbons (Fsp3) is 0.818. The molecule has 1 aliphatic heterocycles. The molecule has 18 heavy (non-hydrogen) atoms. The monoisotopic (exact) mass is 272 g/mol. The van der Waals surface area contributed by atoms with Gasteiger partial charge in [-0.15, -0.1) is 0 Å². The lowest BCUT2D eigenvalue weighted by molar-refractivity contribution is -0.142. The zero-order valence-corrected chi connectivity index (χ0v) is 10.9. The Bertz CT molecular complexity index is 496. The summed E-state index contributed by atoms with van der Waals surface area (Å²) in [4.78, 5) is 11.3. The maximum absolute atomic E-state index is 12.1. The fourth-order valence-corrected chi connectivity index (χ4v) is 4.61. The molecule has 7 heteroatoms. The van der Waals surface area contributed by atoms with Crippen LogP contribution in [0.25, 0.3) is 0 Å². The summed E-state index contributed by atoms with van der Waals surface area (Å²) in [6, 6.07) is 0.697. The number of carbonyl (C=O) groups is 1. The number of aliphatic carboxylic acids is 1. The number of nitriles is 1. The summed E-state index contributed by atoms with van der Waals surface area (Å²) in [7, 11) is -3.83. The Balaban J connectivity index is 2.34. The Morgan fingerprint density at radius 3 is 2.72 bits per heavy atom. The van der Waals surface area contributed by atoms with Crippen LogP contribution in [-0.2, 0) is 14.8 Å². The van der Waals surface area contributed by atoms with Crippen LogP contribution in [0.15, 0.2) is 0 Å². The Labute approximate surface area is 106 Å². The van der Waals surface area contributed by atoms with E-state index < -0.39 is 27.3 Å². The molecule has 2 fully saturated rings. The van der Waals surface area contributed by atoms with E-state index in [9.17, 15) is 18.3 Å². The second kappa shape index (κ2) is 4.52. The van der Waals surface area contributed by atoms with E-state index in [2.05, 4.69) is 0 Å².